The Morgan fingerprint density at radius 1 is 1.17 bits per heavy atom. The summed E-state index contributed by atoms with van der Waals surface area (Å²) in [5.74, 6) is 1.64. The predicted molar refractivity (Wildman–Crippen MR) is 91.4 cm³/mol. The molecule has 0 saturated heterocycles. The normalized spacial score (nSPS) is 13.9. The van der Waals surface area contributed by atoms with E-state index in [1.165, 1.54) is 11.1 Å². The zero-order valence-electron chi connectivity index (χ0n) is 13.5. The monoisotopic (exact) mass is 321 g/mol. The average molecular weight is 321 g/mol. The number of benzene rings is 2. The van der Waals surface area contributed by atoms with Crippen LogP contribution in [0.4, 0.5) is 0 Å². The van der Waals surface area contributed by atoms with Crippen molar-refractivity contribution in [3.8, 4) is 17.2 Å². The van der Waals surface area contributed by atoms with Crippen LogP contribution in [0.15, 0.2) is 61.2 Å². The van der Waals surface area contributed by atoms with E-state index >= 15 is 0 Å². The lowest BCUT2D eigenvalue weighted by atomic mass is 10.1. The lowest BCUT2D eigenvalue weighted by molar-refractivity contribution is 0.174. The Morgan fingerprint density at radius 2 is 2.04 bits per heavy atom. The first-order valence-electron chi connectivity index (χ1n) is 8.00. The summed E-state index contributed by atoms with van der Waals surface area (Å²) in [4.78, 5) is 4.13. The van der Waals surface area contributed by atoms with Crippen LogP contribution >= 0.6 is 0 Å². The van der Waals surface area contributed by atoms with Gasteiger partial charge in [0.25, 0.3) is 0 Å². The second-order valence-corrected chi connectivity index (χ2v) is 5.81. The number of rotatable bonds is 5. The van der Waals surface area contributed by atoms with E-state index in [9.17, 15) is 0 Å². The number of nitrogens with zero attached hydrogens (tertiary/aromatic N) is 2. The van der Waals surface area contributed by atoms with Gasteiger partial charge in [-0.1, -0.05) is 24.3 Å². The zero-order valence-corrected chi connectivity index (χ0v) is 13.5. The van der Waals surface area contributed by atoms with Crippen molar-refractivity contribution in [1.29, 1.82) is 0 Å². The number of imidazole rings is 1. The molecule has 1 aliphatic rings. The fourth-order valence-corrected chi connectivity index (χ4v) is 2.88. The molecule has 0 spiro atoms. The maximum atomic E-state index is 5.46. The van der Waals surface area contributed by atoms with Gasteiger partial charge in [0, 0.05) is 25.0 Å². The van der Waals surface area contributed by atoms with Crippen molar-refractivity contribution in [2.24, 2.45) is 0 Å². The van der Waals surface area contributed by atoms with Crippen molar-refractivity contribution in [3.05, 3.63) is 72.3 Å². The first-order valence-corrected chi connectivity index (χ1v) is 8.00. The lowest BCUT2D eigenvalue weighted by Crippen LogP contribution is -2.19. The van der Waals surface area contributed by atoms with E-state index in [4.69, 9.17) is 9.47 Å². The summed E-state index contributed by atoms with van der Waals surface area (Å²) in [5.41, 5.74) is 3.54. The Labute approximate surface area is 140 Å². The smallest absolute Gasteiger partial charge is 0.231 e. The number of nitrogens with one attached hydrogen (secondary N) is 1. The highest BCUT2D eigenvalue weighted by atomic mass is 16.7. The third kappa shape index (κ3) is 2.86. The highest BCUT2D eigenvalue weighted by molar-refractivity contribution is 5.45. The lowest BCUT2D eigenvalue weighted by Gasteiger charge is -2.17. The minimum Gasteiger partial charge on any atom is -0.454 e. The van der Waals surface area contributed by atoms with Gasteiger partial charge in [0.05, 0.1) is 12.0 Å². The maximum absolute atomic E-state index is 5.46. The molecule has 2 heterocycles. The Morgan fingerprint density at radius 3 is 2.92 bits per heavy atom. The number of hydrogen-bond donors (Lipinski definition) is 1. The fraction of sp³-hybridized carbons (Fsp3) is 0.211. The van der Waals surface area contributed by atoms with E-state index in [-0.39, 0.29) is 6.04 Å². The quantitative estimate of drug-likeness (QED) is 0.782. The second kappa shape index (κ2) is 6.37. The van der Waals surface area contributed by atoms with Crippen LogP contribution in [0.25, 0.3) is 5.69 Å². The molecule has 1 unspecified atom stereocenters. The summed E-state index contributed by atoms with van der Waals surface area (Å²) in [6.07, 6.45) is 5.57. The minimum atomic E-state index is 0.204. The van der Waals surface area contributed by atoms with E-state index in [0.717, 1.165) is 23.7 Å². The van der Waals surface area contributed by atoms with Gasteiger partial charge in [0.2, 0.25) is 6.79 Å². The molecule has 0 aliphatic carbocycles. The van der Waals surface area contributed by atoms with Crippen molar-refractivity contribution >= 4 is 0 Å². The van der Waals surface area contributed by atoms with E-state index < -0.39 is 0 Å². The molecule has 3 aromatic rings. The predicted octanol–water partition coefficient (Wildman–Crippen LogP) is 3.45. The van der Waals surface area contributed by atoms with Gasteiger partial charge in [-0.3, -0.25) is 0 Å². The van der Waals surface area contributed by atoms with Crippen molar-refractivity contribution in [1.82, 2.24) is 14.9 Å². The van der Waals surface area contributed by atoms with Gasteiger partial charge in [0.15, 0.2) is 11.5 Å². The molecule has 0 fully saturated rings. The molecule has 0 saturated carbocycles. The molecule has 1 atom stereocenters. The minimum absolute atomic E-state index is 0.204. The average Bonchev–Trinajstić information content (AvgIpc) is 3.30. The fourth-order valence-electron chi connectivity index (χ4n) is 2.88. The summed E-state index contributed by atoms with van der Waals surface area (Å²) in [7, 11) is 0. The van der Waals surface area contributed by atoms with Gasteiger partial charge in [-0.15, -0.1) is 0 Å². The van der Waals surface area contributed by atoms with Crippen molar-refractivity contribution in [3.63, 3.8) is 0 Å². The topological polar surface area (TPSA) is 48.3 Å². The molecule has 1 N–H and O–H groups in total. The number of hydrogen-bond acceptors (Lipinski definition) is 4. The molecular formula is C19H19N3O2. The van der Waals surface area contributed by atoms with Gasteiger partial charge >= 0.3 is 0 Å². The van der Waals surface area contributed by atoms with Crippen LogP contribution < -0.4 is 14.8 Å². The number of fused-ring (bicyclic) bond motifs is 1. The van der Waals surface area contributed by atoms with Crippen LogP contribution in [0.2, 0.25) is 0 Å². The van der Waals surface area contributed by atoms with Crippen molar-refractivity contribution < 1.29 is 9.47 Å². The van der Waals surface area contributed by atoms with Crippen LogP contribution in [0.1, 0.15) is 24.1 Å². The van der Waals surface area contributed by atoms with E-state index in [2.05, 4.69) is 41.5 Å². The number of para-hydroxylation sites is 1. The van der Waals surface area contributed by atoms with Gasteiger partial charge in [-0.05, 0) is 36.2 Å². The Hall–Kier alpha value is -2.79. The summed E-state index contributed by atoms with van der Waals surface area (Å²) in [5, 5.41) is 3.58. The molecule has 24 heavy (non-hydrogen) atoms. The molecule has 0 bridgehead atoms. The standard InChI is InChI=1S/C19H19N3O2/c1-14(15-6-7-18-19(10-15)24-13-23-18)21-11-16-4-2-3-5-17(16)22-9-8-20-12-22/h2-10,12,14,21H,11,13H2,1H3. The third-order valence-corrected chi connectivity index (χ3v) is 4.27. The molecule has 122 valence electrons. The van der Waals surface area contributed by atoms with E-state index in [1.54, 1.807) is 6.20 Å². The van der Waals surface area contributed by atoms with Crippen LogP contribution in [0.3, 0.4) is 0 Å². The molecule has 5 heteroatoms. The van der Waals surface area contributed by atoms with E-state index in [1.807, 2.05) is 35.3 Å². The highest BCUT2D eigenvalue weighted by Crippen LogP contribution is 2.34. The molecule has 0 radical (unpaired) electrons. The van der Waals surface area contributed by atoms with Crippen molar-refractivity contribution in [2.45, 2.75) is 19.5 Å². The van der Waals surface area contributed by atoms with Gasteiger partial charge < -0.3 is 19.4 Å². The summed E-state index contributed by atoms with van der Waals surface area (Å²) < 4.78 is 12.9. The Bertz CT molecular complexity index is 830. The number of ether oxygens (including phenoxy) is 2. The third-order valence-electron chi connectivity index (χ3n) is 4.27. The molecule has 1 aliphatic heterocycles. The van der Waals surface area contributed by atoms with E-state index in [0.29, 0.717) is 6.79 Å². The van der Waals surface area contributed by atoms with Gasteiger partial charge in [-0.25, -0.2) is 4.98 Å². The zero-order chi connectivity index (χ0) is 16.4. The molecule has 1 aromatic heterocycles. The number of aromatic nitrogens is 2. The summed E-state index contributed by atoms with van der Waals surface area (Å²) >= 11 is 0. The summed E-state index contributed by atoms with van der Waals surface area (Å²) in [6, 6.07) is 14.6. The van der Waals surface area contributed by atoms with Crippen LogP contribution in [0.5, 0.6) is 11.5 Å². The molecular weight excluding hydrogens is 302 g/mol. The van der Waals surface area contributed by atoms with Crippen LogP contribution in [-0.2, 0) is 6.54 Å². The first kappa shape index (κ1) is 14.8. The highest BCUT2D eigenvalue weighted by Gasteiger charge is 2.15. The SMILES string of the molecule is CC(NCc1ccccc1-n1ccnc1)c1ccc2c(c1)OCO2. The van der Waals surface area contributed by atoms with Gasteiger partial charge in [0.1, 0.15) is 0 Å². The first-order chi connectivity index (χ1) is 11.8. The molecule has 4 rings (SSSR count). The Kier molecular flexibility index (Phi) is 3.92. The van der Waals surface area contributed by atoms with Gasteiger partial charge in [-0.2, -0.15) is 0 Å². The molecule has 5 nitrogen and oxygen atoms in total. The Balaban J connectivity index is 1.49. The summed E-state index contributed by atoms with van der Waals surface area (Å²) in [6.45, 7) is 3.22. The largest absolute Gasteiger partial charge is 0.454 e. The molecule has 2 aromatic carbocycles. The maximum Gasteiger partial charge on any atom is 0.231 e. The second-order valence-electron chi connectivity index (χ2n) is 5.81. The molecule has 0 amide bonds. The van der Waals surface area contributed by atoms with Crippen LogP contribution in [0, 0.1) is 0 Å². The van der Waals surface area contributed by atoms with Crippen LogP contribution in [-0.4, -0.2) is 16.3 Å². The van der Waals surface area contributed by atoms with Crippen molar-refractivity contribution in [2.75, 3.05) is 6.79 Å².